The Labute approximate surface area is 150 Å². The minimum absolute atomic E-state index is 0.0422. The lowest BCUT2D eigenvalue weighted by Crippen LogP contribution is -2.34. The summed E-state index contributed by atoms with van der Waals surface area (Å²) < 4.78 is 5.19. The molecule has 0 unspecified atom stereocenters. The van der Waals surface area contributed by atoms with Gasteiger partial charge in [-0.2, -0.15) is 5.21 Å². The summed E-state index contributed by atoms with van der Waals surface area (Å²) in [5, 5.41) is 16.8. The maximum Gasteiger partial charge on any atom is 0.230 e. The largest absolute Gasteiger partial charge is 0.497 e. The van der Waals surface area contributed by atoms with Gasteiger partial charge in [0.15, 0.2) is 0 Å². The topological polar surface area (TPSA) is 106 Å². The Morgan fingerprint density at radius 2 is 2.08 bits per heavy atom. The summed E-state index contributed by atoms with van der Waals surface area (Å²) in [5.41, 5.74) is 2.15. The molecule has 2 N–H and O–H groups in total. The van der Waals surface area contributed by atoms with E-state index in [1.54, 1.807) is 13.3 Å². The summed E-state index contributed by atoms with van der Waals surface area (Å²) in [6.07, 6.45) is 3.38. The lowest BCUT2D eigenvalue weighted by atomic mass is 9.95. The van der Waals surface area contributed by atoms with Gasteiger partial charge in [-0.25, -0.2) is 0 Å². The molecule has 8 nitrogen and oxygen atoms in total. The minimum Gasteiger partial charge on any atom is -0.497 e. The summed E-state index contributed by atoms with van der Waals surface area (Å²) in [7, 11) is 1.63. The molecule has 1 saturated carbocycles. The number of tetrazole rings is 1. The number of amides is 1. The van der Waals surface area contributed by atoms with Crippen molar-refractivity contribution >= 4 is 5.91 Å². The average Bonchev–Trinajstić information content (AvgIpc) is 3.32. The first-order valence-corrected chi connectivity index (χ1v) is 8.33. The molecule has 0 spiro atoms. The van der Waals surface area contributed by atoms with E-state index >= 15 is 0 Å². The lowest BCUT2D eigenvalue weighted by Gasteiger charge is -2.16. The molecular formula is C18H18N6O2. The van der Waals surface area contributed by atoms with Crippen molar-refractivity contribution in [2.45, 2.75) is 24.8 Å². The summed E-state index contributed by atoms with van der Waals surface area (Å²) in [6, 6.07) is 11.4. The monoisotopic (exact) mass is 350 g/mol. The Bertz CT molecular complexity index is 904. The van der Waals surface area contributed by atoms with Crippen LogP contribution in [-0.2, 0) is 16.8 Å². The predicted octanol–water partition coefficient (Wildman–Crippen LogP) is 1.62. The second kappa shape index (κ2) is 6.55. The van der Waals surface area contributed by atoms with Crippen molar-refractivity contribution in [2.24, 2.45) is 0 Å². The number of ether oxygens (including phenoxy) is 1. The molecule has 2 aromatic heterocycles. The lowest BCUT2D eigenvalue weighted by molar-refractivity contribution is -0.123. The maximum atomic E-state index is 12.8. The number of carbonyl (C=O) groups excluding carboxylic acids is 1. The van der Waals surface area contributed by atoms with Gasteiger partial charge in [-0.15, -0.1) is 10.2 Å². The van der Waals surface area contributed by atoms with Crippen LogP contribution in [-0.4, -0.2) is 38.6 Å². The van der Waals surface area contributed by atoms with Crippen LogP contribution in [0.2, 0.25) is 0 Å². The molecule has 1 aliphatic rings. The van der Waals surface area contributed by atoms with E-state index in [0.717, 1.165) is 29.7 Å². The van der Waals surface area contributed by atoms with Gasteiger partial charge in [0.1, 0.15) is 11.4 Å². The van der Waals surface area contributed by atoms with Gasteiger partial charge in [0.2, 0.25) is 11.7 Å². The zero-order valence-corrected chi connectivity index (χ0v) is 14.3. The molecular weight excluding hydrogens is 332 g/mol. The van der Waals surface area contributed by atoms with Gasteiger partial charge in [-0.05, 0) is 53.4 Å². The maximum absolute atomic E-state index is 12.8. The van der Waals surface area contributed by atoms with E-state index in [4.69, 9.17) is 4.74 Å². The Morgan fingerprint density at radius 1 is 1.27 bits per heavy atom. The number of benzene rings is 1. The third kappa shape index (κ3) is 3.01. The van der Waals surface area contributed by atoms with Crippen molar-refractivity contribution in [1.29, 1.82) is 0 Å². The number of pyridine rings is 1. The number of methoxy groups -OCH3 is 1. The minimum atomic E-state index is -0.421. The highest BCUT2D eigenvalue weighted by molar-refractivity contribution is 5.91. The van der Waals surface area contributed by atoms with E-state index in [1.807, 2.05) is 36.4 Å². The van der Waals surface area contributed by atoms with Gasteiger partial charge >= 0.3 is 0 Å². The molecule has 0 bridgehead atoms. The van der Waals surface area contributed by atoms with Gasteiger partial charge in [0.05, 0.1) is 12.5 Å². The van der Waals surface area contributed by atoms with Crippen LogP contribution in [0, 0.1) is 0 Å². The molecule has 4 rings (SSSR count). The van der Waals surface area contributed by atoms with E-state index in [0.29, 0.717) is 18.1 Å². The summed E-state index contributed by atoms with van der Waals surface area (Å²) >= 11 is 0. The second-order valence-electron chi connectivity index (χ2n) is 6.28. The molecule has 1 amide bonds. The first kappa shape index (κ1) is 16.2. The van der Waals surface area contributed by atoms with E-state index in [2.05, 4.69) is 30.9 Å². The number of rotatable bonds is 6. The number of nitrogens with zero attached hydrogens (tertiary/aromatic N) is 4. The molecule has 0 atom stereocenters. The molecule has 1 aliphatic carbocycles. The normalized spacial score (nSPS) is 14.7. The molecule has 2 heterocycles. The highest BCUT2D eigenvalue weighted by Crippen LogP contribution is 2.48. The van der Waals surface area contributed by atoms with Crippen LogP contribution in [0.5, 0.6) is 5.75 Å². The van der Waals surface area contributed by atoms with Crippen LogP contribution in [0.4, 0.5) is 0 Å². The van der Waals surface area contributed by atoms with Gasteiger partial charge in [-0.3, -0.25) is 9.78 Å². The number of aromatic nitrogens is 5. The molecule has 1 fully saturated rings. The third-order valence-electron chi connectivity index (χ3n) is 4.68. The SMILES string of the molecule is COc1ccc(C2(C(=O)NCc3ccnc(-c4nn[nH]n4)c3)CC2)cc1. The highest BCUT2D eigenvalue weighted by Gasteiger charge is 2.51. The smallest absolute Gasteiger partial charge is 0.230 e. The van der Waals surface area contributed by atoms with Crippen LogP contribution in [0.15, 0.2) is 42.6 Å². The van der Waals surface area contributed by atoms with E-state index < -0.39 is 5.41 Å². The number of nitrogens with one attached hydrogen (secondary N) is 2. The molecule has 132 valence electrons. The van der Waals surface area contributed by atoms with Crippen LogP contribution >= 0.6 is 0 Å². The molecule has 0 radical (unpaired) electrons. The van der Waals surface area contributed by atoms with Crippen LogP contribution in [0.3, 0.4) is 0 Å². The van der Waals surface area contributed by atoms with Crippen LogP contribution in [0.1, 0.15) is 24.0 Å². The number of H-pyrrole nitrogens is 1. The number of hydrogen-bond donors (Lipinski definition) is 2. The number of aromatic amines is 1. The number of carbonyl (C=O) groups is 1. The Morgan fingerprint density at radius 3 is 2.73 bits per heavy atom. The molecule has 0 saturated heterocycles. The van der Waals surface area contributed by atoms with E-state index in [-0.39, 0.29) is 5.91 Å². The molecule has 0 aliphatic heterocycles. The predicted molar refractivity (Wildman–Crippen MR) is 93.2 cm³/mol. The summed E-state index contributed by atoms with van der Waals surface area (Å²) in [5.74, 6) is 1.26. The van der Waals surface area contributed by atoms with Crippen LogP contribution in [0.25, 0.3) is 11.5 Å². The van der Waals surface area contributed by atoms with Gasteiger partial charge in [0.25, 0.3) is 0 Å². The fourth-order valence-electron chi connectivity index (χ4n) is 3.01. The van der Waals surface area contributed by atoms with Gasteiger partial charge in [0, 0.05) is 12.7 Å². The van der Waals surface area contributed by atoms with Crippen molar-refractivity contribution in [1.82, 2.24) is 30.9 Å². The van der Waals surface area contributed by atoms with Crippen molar-refractivity contribution in [3.63, 3.8) is 0 Å². The second-order valence-corrected chi connectivity index (χ2v) is 6.28. The average molecular weight is 350 g/mol. The first-order chi connectivity index (χ1) is 12.7. The van der Waals surface area contributed by atoms with E-state index in [9.17, 15) is 4.79 Å². The number of hydrogen-bond acceptors (Lipinski definition) is 6. The molecule has 26 heavy (non-hydrogen) atoms. The summed E-state index contributed by atoms with van der Waals surface area (Å²) in [6.45, 7) is 0.421. The standard InChI is InChI=1S/C18H18N6O2/c1-26-14-4-2-13(3-5-14)18(7-8-18)17(25)20-11-12-6-9-19-15(10-12)16-21-23-24-22-16/h2-6,9-10H,7-8,11H2,1H3,(H,20,25)(H,21,22,23,24). The van der Waals surface area contributed by atoms with Gasteiger partial charge < -0.3 is 10.1 Å². The Balaban J connectivity index is 1.44. The molecule has 3 aromatic rings. The third-order valence-corrected chi connectivity index (χ3v) is 4.68. The zero-order valence-electron chi connectivity index (χ0n) is 14.3. The Hall–Kier alpha value is -3.29. The quantitative estimate of drug-likeness (QED) is 0.700. The fourth-order valence-corrected chi connectivity index (χ4v) is 3.01. The van der Waals surface area contributed by atoms with Crippen molar-refractivity contribution < 1.29 is 9.53 Å². The highest BCUT2D eigenvalue weighted by atomic mass is 16.5. The van der Waals surface area contributed by atoms with Crippen molar-refractivity contribution in [3.8, 4) is 17.3 Å². The fraction of sp³-hybridized carbons (Fsp3) is 0.278. The molecule has 8 heteroatoms. The van der Waals surface area contributed by atoms with Gasteiger partial charge in [-0.1, -0.05) is 12.1 Å². The molecule has 1 aromatic carbocycles. The van der Waals surface area contributed by atoms with Crippen molar-refractivity contribution in [2.75, 3.05) is 7.11 Å². The summed E-state index contributed by atoms with van der Waals surface area (Å²) in [4.78, 5) is 17.0. The Kier molecular flexibility index (Phi) is 4.08. The first-order valence-electron chi connectivity index (χ1n) is 8.33. The van der Waals surface area contributed by atoms with E-state index in [1.165, 1.54) is 0 Å². The zero-order chi connectivity index (χ0) is 18.0. The van der Waals surface area contributed by atoms with Crippen LogP contribution < -0.4 is 10.1 Å². The van der Waals surface area contributed by atoms with Crippen molar-refractivity contribution in [3.05, 3.63) is 53.7 Å².